The molecule has 2 atom stereocenters. The molecule has 18 heavy (non-hydrogen) atoms. The van der Waals surface area contributed by atoms with Crippen molar-refractivity contribution in [3.63, 3.8) is 0 Å². The number of nitrogens with two attached hydrogens (primary N) is 1. The zero-order valence-electron chi connectivity index (χ0n) is 11.6. The molecule has 0 aliphatic heterocycles. The fourth-order valence-corrected chi connectivity index (χ4v) is 2.49. The van der Waals surface area contributed by atoms with Gasteiger partial charge in [0.2, 0.25) is 0 Å². The van der Waals surface area contributed by atoms with Crippen LogP contribution < -0.4 is 10.5 Å². The van der Waals surface area contributed by atoms with E-state index in [0.29, 0.717) is 6.54 Å². The van der Waals surface area contributed by atoms with Crippen LogP contribution in [0.2, 0.25) is 0 Å². The molecule has 0 bridgehead atoms. The minimum Gasteiger partial charge on any atom is -0.496 e. The van der Waals surface area contributed by atoms with Gasteiger partial charge in [-0.1, -0.05) is 19.1 Å². The van der Waals surface area contributed by atoms with Gasteiger partial charge >= 0.3 is 0 Å². The monoisotopic (exact) mass is 248 g/mol. The molecule has 1 saturated carbocycles. The predicted octanol–water partition coefficient (Wildman–Crippen LogP) is 2.24. The maximum Gasteiger partial charge on any atom is 0.123 e. The van der Waals surface area contributed by atoms with Gasteiger partial charge in [-0.05, 0) is 36.9 Å². The quantitative estimate of drug-likeness (QED) is 0.839. The summed E-state index contributed by atoms with van der Waals surface area (Å²) < 4.78 is 5.37. The van der Waals surface area contributed by atoms with Gasteiger partial charge in [-0.15, -0.1) is 0 Å². The molecule has 1 aromatic carbocycles. The van der Waals surface area contributed by atoms with Crippen LogP contribution in [0.5, 0.6) is 5.75 Å². The molecule has 1 aliphatic rings. The van der Waals surface area contributed by atoms with Gasteiger partial charge in [-0.25, -0.2) is 0 Å². The zero-order valence-corrected chi connectivity index (χ0v) is 11.6. The predicted molar refractivity (Wildman–Crippen MR) is 74.5 cm³/mol. The van der Waals surface area contributed by atoms with Crippen LogP contribution in [0.15, 0.2) is 18.2 Å². The zero-order chi connectivity index (χ0) is 13.1. The van der Waals surface area contributed by atoms with Crippen molar-refractivity contribution < 1.29 is 4.74 Å². The summed E-state index contributed by atoms with van der Waals surface area (Å²) in [7, 11) is 3.89. The first kappa shape index (κ1) is 13.4. The molecule has 3 heteroatoms. The van der Waals surface area contributed by atoms with E-state index in [0.717, 1.165) is 29.7 Å². The summed E-state index contributed by atoms with van der Waals surface area (Å²) in [5.41, 5.74) is 8.04. The van der Waals surface area contributed by atoms with Crippen LogP contribution in [0.1, 0.15) is 24.5 Å². The van der Waals surface area contributed by atoms with E-state index in [9.17, 15) is 0 Å². The van der Waals surface area contributed by atoms with Gasteiger partial charge in [-0.3, -0.25) is 0 Å². The Kier molecular flexibility index (Phi) is 4.25. The number of rotatable bonds is 6. The van der Waals surface area contributed by atoms with Gasteiger partial charge in [0.05, 0.1) is 7.11 Å². The summed E-state index contributed by atoms with van der Waals surface area (Å²) in [6.45, 7) is 5.03. The van der Waals surface area contributed by atoms with E-state index in [1.165, 1.54) is 18.5 Å². The average Bonchev–Trinajstić information content (AvgIpc) is 3.04. The molecule has 2 N–H and O–H groups in total. The first-order chi connectivity index (χ1) is 8.63. The van der Waals surface area contributed by atoms with Gasteiger partial charge in [0.25, 0.3) is 0 Å². The number of ether oxygens (including phenoxy) is 1. The average molecular weight is 248 g/mol. The number of nitrogens with zero attached hydrogens (tertiary/aromatic N) is 1. The van der Waals surface area contributed by atoms with E-state index < -0.39 is 0 Å². The highest BCUT2D eigenvalue weighted by Gasteiger charge is 2.32. The Morgan fingerprint density at radius 1 is 1.44 bits per heavy atom. The summed E-state index contributed by atoms with van der Waals surface area (Å²) in [5.74, 6) is 2.73. The molecule has 0 aromatic heterocycles. The second kappa shape index (κ2) is 5.72. The minimum atomic E-state index is 0.527. The Balaban J connectivity index is 1.95. The number of benzene rings is 1. The van der Waals surface area contributed by atoms with Gasteiger partial charge < -0.3 is 15.4 Å². The molecule has 2 rings (SSSR count). The van der Waals surface area contributed by atoms with Crippen molar-refractivity contribution in [1.29, 1.82) is 0 Å². The van der Waals surface area contributed by atoms with Crippen LogP contribution in [0, 0.1) is 11.8 Å². The fraction of sp³-hybridized carbons (Fsp3) is 0.600. The van der Waals surface area contributed by atoms with Crippen molar-refractivity contribution in [2.45, 2.75) is 26.4 Å². The number of hydrogen-bond donors (Lipinski definition) is 1. The van der Waals surface area contributed by atoms with E-state index in [2.05, 4.69) is 37.1 Å². The van der Waals surface area contributed by atoms with Crippen LogP contribution in [-0.4, -0.2) is 25.6 Å². The second-order valence-corrected chi connectivity index (χ2v) is 5.52. The Morgan fingerprint density at radius 2 is 2.17 bits per heavy atom. The van der Waals surface area contributed by atoms with Crippen LogP contribution in [-0.2, 0) is 13.1 Å². The van der Waals surface area contributed by atoms with E-state index in [1.54, 1.807) is 7.11 Å². The van der Waals surface area contributed by atoms with Gasteiger partial charge in [0, 0.05) is 25.2 Å². The molecule has 3 nitrogen and oxygen atoms in total. The van der Waals surface area contributed by atoms with E-state index >= 15 is 0 Å². The highest BCUT2D eigenvalue weighted by molar-refractivity contribution is 5.37. The van der Waals surface area contributed by atoms with Crippen molar-refractivity contribution in [3.05, 3.63) is 29.3 Å². The van der Waals surface area contributed by atoms with Crippen molar-refractivity contribution in [3.8, 4) is 5.75 Å². The molecule has 100 valence electrons. The topological polar surface area (TPSA) is 38.5 Å². The molecule has 1 aliphatic carbocycles. The molecule has 1 aromatic rings. The Labute approximate surface area is 110 Å². The molecule has 0 saturated heterocycles. The Bertz CT molecular complexity index is 405. The minimum absolute atomic E-state index is 0.527. The largest absolute Gasteiger partial charge is 0.496 e. The van der Waals surface area contributed by atoms with Crippen molar-refractivity contribution in [2.24, 2.45) is 17.6 Å². The van der Waals surface area contributed by atoms with Crippen molar-refractivity contribution >= 4 is 0 Å². The third kappa shape index (κ3) is 3.24. The lowest BCUT2D eigenvalue weighted by molar-refractivity contribution is 0.307. The van der Waals surface area contributed by atoms with E-state index in [1.807, 2.05) is 0 Å². The van der Waals surface area contributed by atoms with Crippen LogP contribution in [0.3, 0.4) is 0 Å². The first-order valence-electron chi connectivity index (χ1n) is 6.68. The number of hydrogen-bond acceptors (Lipinski definition) is 3. The highest BCUT2D eigenvalue weighted by atomic mass is 16.5. The first-order valence-corrected chi connectivity index (χ1v) is 6.68. The molecule has 0 heterocycles. The van der Waals surface area contributed by atoms with E-state index in [4.69, 9.17) is 10.5 Å². The van der Waals surface area contributed by atoms with Crippen molar-refractivity contribution in [1.82, 2.24) is 4.90 Å². The summed E-state index contributed by atoms with van der Waals surface area (Å²) in [6.07, 6.45) is 1.39. The van der Waals surface area contributed by atoms with E-state index in [-0.39, 0.29) is 0 Å². The summed E-state index contributed by atoms with van der Waals surface area (Å²) in [6, 6.07) is 6.33. The lowest BCUT2D eigenvalue weighted by Crippen LogP contribution is -2.21. The second-order valence-electron chi connectivity index (χ2n) is 5.52. The third-order valence-electron chi connectivity index (χ3n) is 3.85. The normalized spacial score (nSPS) is 22.3. The van der Waals surface area contributed by atoms with Crippen LogP contribution >= 0.6 is 0 Å². The van der Waals surface area contributed by atoms with Gasteiger partial charge in [0.1, 0.15) is 5.75 Å². The lowest BCUT2D eigenvalue weighted by Gasteiger charge is -2.17. The molecular weight excluding hydrogens is 224 g/mol. The summed E-state index contributed by atoms with van der Waals surface area (Å²) in [4.78, 5) is 2.39. The van der Waals surface area contributed by atoms with Gasteiger partial charge in [-0.2, -0.15) is 0 Å². The maximum atomic E-state index is 5.68. The van der Waals surface area contributed by atoms with Gasteiger partial charge in [0.15, 0.2) is 0 Å². The highest BCUT2D eigenvalue weighted by Crippen LogP contribution is 2.38. The fourth-order valence-electron chi connectivity index (χ4n) is 2.49. The molecule has 2 unspecified atom stereocenters. The molecule has 0 spiro atoms. The smallest absolute Gasteiger partial charge is 0.123 e. The van der Waals surface area contributed by atoms with Crippen molar-refractivity contribution in [2.75, 3.05) is 20.7 Å². The molecule has 0 radical (unpaired) electrons. The maximum absolute atomic E-state index is 5.68. The Hall–Kier alpha value is -1.06. The Morgan fingerprint density at radius 3 is 2.72 bits per heavy atom. The molecule has 1 fully saturated rings. The standard InChI is InChI=1S/C15H24N2O/c1-11-6-14(11)10-17(2)9-12-4-5-13(8-16)15(7-12)18-3/h4-5,7,11,14H,6,8-10,16H2,1-3H3. The molecular formula is C15H24N2O. The molecule has 0 amide bonds. The SMILES string of the molecule is COc1cc(CN(C)CC2CC2C)ccc1CN. The summed E-state index contributed by atoms with van der Waals surface area (Å²) >= 11 is 0. The lowest BCUT2D eigenvalue weighted by atomic mass is 10.1. The summed E-state index contributed by atoms with van der Waals surface area (Å²) in [5, 5.41) is 0. The number of methoxy groups -OCH3 is 1. The van der Waals surface area contributed by atoms with Crippen LogP contribution in [0.25, 0.3) is 0 Å². The third-order valence-corrected chi connectivity index (χ3v) is 3.85. The van der Waals surface area contributed by atoms with Crippen LogP contribution in [0.4, 0.5) is 0 Å².